The standard InChI is InChI=1S/C22H23ClFN5/c23-19-10-14(18-11-26-7-5-16(18)20(19)24)3-1-13-2-4-15(9-13)29-8-6-17-21(25)27-12-28-22(17)29/h6,8-10,12,15,26H,1-5,7,11H2,(H2,25,27,28)/t15-/m0/s1. The van der Waals surface area contributed by atoms with Gasteiger partial charge in [-0.25, -0.2) is 14.4 Å². The van der Waals surface area contributed by atoms with Gasteiger partial charge in [-0.1, -0.05) is 23.3 Å². The largest absolute Gasteiger partial charge is 0.383 e. The third-order valence-corrected chi connectivity index (χ3v) is 6.46. The highest BCUT2D eigenvalue weighted by molar-refractivity contribution is 6.30. The Morgan fingerprint density at radius 1 is 1.24 bits per heavy atom. The maximum Gasteiger partial charge on any atom is 0.146 e. The van der Waals surface area contributed by atoms with Crippen molar-refractivity contribution < 1.29 is 4.39 Å². The van der Waals surface area contributed by atoms with Gasteiger partial charge in [0.15, 0.2) is 0 Å². The number of rotatable bonds is 4. The molecule has 0 saturated heterocycles. The lowest BCUT2D eigenvalue weighted by Gasteiger charge is -2.22. The fourth-order valence-electron chi connectivity index (χ4n) is 4.66. The Labute approximate surface area is 173 Å². The number of nitrogen functional groups attached to an aromatic ring is 1. The van der Waals surface area contributed by atoms with E-state index in [0.29, 0.717) is 12.2 Å². The molecule has 0 fully saturated rings. The zero-order valence-electron chi connectivity index (χ0n) is 16.1. The van der Waals surface area contributed by atoms with Crippen LogP contribution in [0.15, 0.2) is 36.3 Å². The van der Waals surface area contributed by atoms with E-state index >= 15 is 0 Å². The van der Waals surface area contributed by atoms with Crippen molar-refractivity contribution in [2.24, 2.45) is 0 Å². The summed E-state index contributed by atoms with van der Waals surface area (Å²) >= 11 is 6.17. The third kappa shape index (κ3) is 3.30. The van der Waals surface area contributed by atoms with Crippen LogP contribution < -0.4 is 11.1 Å². The van der Waals surface area contributed by atoms with Crippen LogP contribution in [0, 0.1) is 5.82 Å². The maximum absolute atomic E-state index is 14.4. The van der Waals surface area contributed by atoms with E-state index in [-0.39, 0.29) is 16.9 Å². The molecule has 1 aliphatic heterocycles. The molecule has 0 saturated carbocycles. The van der Waals surface area contributed by atoms with Crippen molar-refractivity contribution in [1.82, 2.24) is 19.9 Å². The van der Waals surface area contributed by atoms with Gasteiger partial charge < -0.3 is 15.6 Å². The van der Waals surface area contributed by atoms with Crippen LogP contribution in [0.5, 0.6) is 0 Å². The van der Waals surface area contributed by atoms with Gasteiger partial charge in [-0.3, -0.25) is 0 Å². The summed E-state index contributed by atoms with van der Waals surface area (Å²) in [6.45, 7) is 1.52. The van der Waals surface area contributed by atoms with Crippen LogP contribution in [-0.4, -0.2) is 21.1 Å². The molecular weight excluding hydrogens is 389 g/mol. The molecule has 3 heterocycles. The van der Waals surface area contributed by atoms with Crippen LogP contribution in [-0.2, 0) is 19.4 Å². The number of nitrogens with one attached hydrogen (secondary N) is 1. The summed E-state index contributed by atoms with van der Waals surface area (Å²) in [5.41, 5.74) is 11.3. The fourth-order valence-corrected chi connectivity index (χ4v) is 4.90. The van der Waals surface area contributed by atoms with E-state index in [1.54, 1.807) is 0 Å². The van der Waals surface area contributed by atoms with E-state index < -0.39 is 0 Å². The minimum Gasteiger partial charge on any atom is -0.383 e. The van der Waals surface area contributed by atoms with Crippen molar-refractivity contribution in [2.45, 2.75) is 44.7 Å². The average molecular weight is 412 g/mol. The fraction of sp³-hybridized carbons (Fsp3) is 0.364. The number of hydrogen-bond acceptors (Lipinski definition) is 4. The van der Waals surface area contributed by atoms with Crippen molar-refractivity contribution in [3.63, 3.8) is 0 Å². The molecule has 3 aromatic rings. The molecule has 0 bridgehead atoms. The summed E-state index contributed by atoms with van der Waals surface area (Å²) in [5, 5.41) is 4.50. The highest BCUT2D eigenvalue weighted by Gasteiger charge is 2.22. The summed E-state index contributed by atoms with van der Waals surface area (Å²) in [7, 11) is 0. The van der Waals surface area contributed by atoms with E-state index in [2.05, 4.69) is 25.9 Å². The molecule has 150 valence electrons. The van der Waals surface area contributed by atoms with Crippen molar-refractivity contribution >= 4 is 28.5 Å². The maximum atomic E-state index is 14.4. The van der Waals surface area contributed by atoms with Gasteiger partial charge in [0.2, 0.25) is 0 Å². The second-order valence-corrected chi connectivity index (χ2v) is 8.27. The first-order valence-corrected chi connectivity index (χ1v) is 10.5. The Morgan fingerprint density at radius 3 is 3.03 bits per heavy atom. The van der Waals surface area contributed by atoms with Gasteiger partial charge in [0, 0.05) is 12.7 Å². The highest BCUT2D eigenvalue weighted by Crippen LogP contribution is 2.35. The van der Waals surface area contributed by atoms with E-state index in [9.17, 15) is 4.39 Å². The molecule has 5 nitrogen and oxygen atoms in total. The van der Waals surface area contributed by atoms with E-state index in [0.717, 1.165) is 66.5 Å². The normalized spacial score (nSPS) is 18.8. The summed E-state index contributed by atoms with van der Waals surface area (Å²) < 4.78 is 16.6. The minimum absolute atomic E-state index is 0.243. The predicted molar refractivity (Wildman–Crippen MR) is 113 cm³/mol. The number of nitrogens with zero attached hydrogens (tertiary/aromatic N) is 3. The number of anilines is 1. The zero-order valence-corrected chi connectivity index (χ0v) is 16.8. The summed E-state index contributed by atoms with van der Waals surface area (Å²) in [4.78, 5) is 8.49. The van der Waals surface area contributed by atoms with E-state index in [1.165, 1.54) is 11.9 Å². The first-order valence-electron chi connectivity index (χ1n) is 10.1. The molecule has 2 aliphatic rings. The van der Waals surface area contributed by atoms with Crippen LogP contribution in [0.2, 0.25) is 5.02 Å². The number of nitrogens with two attached hydrogens (primary N) is 1. The number of allylic oxidation sites excluding steroid dienone is 2. The molecule has 0 unspecified atom stereocenters. The number of halogens is 2. The van der Waals surface area contributed by atoms with Crippen molar-refractivity contribution in [3.05, 3.63) is 63.8 Å². The summed E-state index contributed by atoms with van der Waals surface area (Å²) in [6, 6.07) is 4.08. The lowest BCUT2D eigenvalue weighted by atomic mass is 9.92. The Balaban J connectivity index is 1.36. The molecule has 1 aliphatic carbocycles. The van der Waals surface area contributed by atoms with E-state index in [4.69, 9.17) is 17.3 Å². The van der Waals surface area contributed by atoms with Crippen LogP contribution in [0.3, 0.4) is 0 Å². The number of aryl methyl sites for hydroxylation is 1. The number of aromatic nitrogens is 3. The van der Waals surface area contributed by atoms with Gasteiger partial charge in [-0.05, 0) is 67.5 Å². The van der Waals surface area contributed by atoms with Crippen LogP contribution in [0.1, 0.15) is 42.0 Å². The van der Waals surface area contributed by atoms with Crippen molar-refractivity contribution in [1.29, 1.82) is 0 Å². The first kappa shape index (κ1) is 18.6. The van der Waals surface area contributed by atoms with E-state index in [1.807, 2.05) is 18.3 Å². The predicted octanol–water partition coefficient (Wildman–Crippen LogP) is 4.35. The lowest BCUT2D eigenvalue weighted by molar-refractivity contribution is 0.565. The molecule has 2 aromatic heterocycles. The van der Waals surface area contributed by atoms with Crippen LogP contribution in [0.4, 0.5) is 10.2 Å². The first-order chi connectivity index (χ1) is 14.1. The average Bonchev–Trinajstić information content (AvgIpc) is 3.37. The highest BCUT2D eigenvalue weighted by atomic mass is 35.5. The summed E-state index contributed by atoms with van der Waals surface area (Å²) in [6.07, 6.45) is 10.5. The second-order valence-electron chi connectivity index (χ2n) is 7.87. The van der Waals surface area contributed by atoms with Gasteiger partial charge in [0.05, 0.1) is 16.5 Å². The van der Waals surface area contributed by atoms with Gasteiger partial charge in [-0.2, -0.15) is 0 Å². The molecule has 0 spiro atoms. The molecule has 0 amide bonds. The van der Waals surface area contributed by atoms with Gasteiger partial charge in [-0.15, -0.1) is 0 Å². The summed E-state index contributed by atoms with van der Waals surface area (Å²) in [5.74, 6) is 0.273. The van der Waals surface area contributed by atoms with Gasteiger partial charge in [0.25, 0.3) is 0 Å². The van der Waals surface area contributed by atoms with Crippen LogP contribution >= 0.6 is 11.6 Å². The molecule has 3 N–H and O–H groups in total. The smallest absolute Gasteiger partial charge is 0.146 e. The Morgan fingerprint density at radius 2 is 2.14 bits per heavy atom. The Bertz CT molecular complexity index is 1120. The Hall–Kier alpha value is -2.44. The lowest BCUT2D eigenvalue weighted by Crippen LogP contribution is -2.26. The Kier molecular flexibility index (Phi) is 4.76. The quantitative estimate of drug-likeness (QED) is 0.626. The molecule has 5 rings (SSSR count). The molecule has 29 heavy (non-hydrogen) atoms. The van der Waals surface area contributed by atoms with Crippen molar-refractivity contribution in [2.75, 3.05) is 12.3 Å². The van der Waals surface area contributed by atoms with Crippen molar-refractivity contribution in [3.8, 4) is 0 Å². The third-order valence-electron chi connectivity index (χ3n) is 6.18. The van der Waals surface area contributed by atoms with Crippen LogP contribution in [0.25, 0.3) is 11.0 Å². The minimum atomic E-state index is -0.243. The monoisotopic (exact) mass is 411 g/mol. The topological polar surface area (TPSA) is 68.8 Å². The number of fused-ring (bicyclic) bond motifs is 2. The zero-order chi connectivity index (χ0) is 20.0. The number of hydrogen-bond donors (Lipinski definition) is 2. The second kappa shape index (κ2) is 7.43. The molecule has 1 atom stereocenters. The molecule has 0 radical (unpaired) electrons. The molecular formula is C22H23ClFN5. The molecule has 1 aromatic carbocycles. The van der Waals surface area contributed by atoms with Gasteiger partial charge in [0.1, 0.15) is 23.6 Å². The molecule has 7 heteroatoms. The number of benzene rings is 1. The SMILES string of the molecule is Nc1ncnc2c1ccn2[C@@H]1C=C(CCc2cc(Cl)c(F)c3c2CNCC3)CC1. The van der Waals surface area contributed by atoms with Gasteiger partial charge >= 0.3 is 0 Å².